The maximum Gasteiger partial charge on any atom is 0.0620 e. The zero-order valence-electron chi connectivity index (χ0n) is 13.9. The molecule has 0 amide bonds. The van der Waals surface area contributed by atoms with E-state index in [0.717, 1.165) is 25.9 Å². The second kappa shape index (κ2) is 6.80. The van der Waals surface area contributed by atoms with Gasteiger partial charge in [0.05, 0.1) is 11.6 Å². The van der Waals surface area contributed by atoms with Crippen LogP contribution < -0.4 is 10.6 Å². The minimum atomic E-state index is 0.0148. The van der Waals surface area contributed by atoms with Gasteiger partial charge in [0.15, 0.2) is 0 Å². The molecule has 3 heteroatoms. The molecule has 1 aromatic carbocycles. The third-order valence-electron chi connectivity index (χ3n) is 5.05. The van der Waals surface area contributed by atoms with Crippen LogP contribution in [-0.2, 0) is 11.2 Å². The van der Waals surface area contributed by atoms with Gasteiger partial charge in [-0.2, -0.15) is 0 Å². The average molecular weight is 290 g/mol. The van der Waals surface area contributed by atoms with Gasteiger partial charge in [-0.05, 0) is 42.9 Å². The standard InChI is InChI=1S/C18H30N2O/c1-5-15-6-8-16(9-7-15)20(4)18(13-19)10-11-21-17(12-18)14(2)3/h6-9,14,17H,5,10-13,19H2,1-4H3. The maximum atomic E-state index is 6.20. The van der Waals surface area contributed by atoms with Gasteiger partial charge in [-0.15, -0.1) is 0 Å². The molecule has 0 aliphatic carbocycles. The second-order valence-electron chi connectivity index (χ2n) is 6.61. The number of rotatable bonds is 5. The third kappa shape index (κ3) is 3.41. The summed E-state index contributed by atoms with van der Waals surface area (Å²) in [6.07, 6.45) is 3.39. The van der Waals surface area contributed by atoms with E-state index in [2.05, 4.69) is 57.0 Å². The van der Waals surface area contributed by atoms with Gasteiger partial charge in [-0.3, -0.25) is 0 Å². The number of hydrogen-bond donors (Lipinski definition) is 1. The summed E-state index contributed by atoms with van der Waals surface area (Å²) in [4.78, 5) is 2.38. The molecule has 2 N–H and O–H groups in total. The molecule has 1 aliphatic rings. The van der Waals surface area contributed by atoms with E-state index in [1.165, 1.54) is 11.3 Å². The number of nitrogens with two attached hydrogens (primary N) is 1. The molecule has 1 heterocycles. The zero-order valence-corrected chi connectivity index (χ0v) is 13.9. The van der Waals surface area contributed by atoms with Crippen LogP contribution in [0.4, 0.5) is 5.69 Å². The summed E-state index contributed by atoms with van der Waals surface area (Å²) in [5.74, 6) is 0.534. The SMILES string of the molecule is CCc1ccc(N(C)C2(CN)CCOC(C(C)C)C2)cc1. The number of likely N-dealkylation sites (N-methyl/N-ethyl adjacent to an activating group) is 1. The number of ether oxygens (including phenoxy) is 1. The van der Waals surface area contributed by atoms with E-state index in [0.29, 0.717) is 18.6 Å². The molecule has 1 saturated heterocycles. The van der Waals surface area contributed by atoms with Crippen LogP contribution >= 0.6 is 0 Å². The largest absolute Gasteiger partial charge is 0.378 e. The lowest BCUT2D eigenvalue weighted by atomic mass is 9.81. The number of hydrogen-bond acceptors (Lipinski definition) is 3. The van der Waals surface area contributed by atoms with Crippen molar-refractivity contribution < 1.29 is 4.74 Å². The maximum absolute atomic E-state index is 6.20. The highest BCUT2D eigenvalue weighted by molar-refractivity contribution is 5.50. The van der Waals surface area contributed by atoms with E-state index >= 15 is 0 Å². The van der Waals surface area contributed by atoms with Crippen LogP contribution in [0.25, 0.3) is 0 Å². The molecule has 1 aliphatic heterocycles. The van der Waals surface area contributed by atoms with Crippen molar-refractivity contribution in [2.45, 2.75) is 51.7 Å². The van der Waals surface area contributed by atoms with Crippen molar-refractivity contribution >= 4 is 5.69 Å². The van der Waals surface area contributed by atoms with Crippen molar-refractivity contribution in [2.24, 2.45) is 11.7 Å². The monoisotopic (exact) mass is 290 g/mol. The Balaban J connectivity index is 2.21. The van der Waals surface area contributed by atoms with E-state index in [-0.39, 0.29) is 5.54 Å². The molecule has 0 aromatic heterocycles. The Labute approximate surface area is 129 Å². The van der Waals surface area contributed by atoms with E-state index in [4.69, 9.17) is 10.5 Å². The van der Waals surface area contributed by atoms with E-state index in [9.17, 15) is 0 Å². The van der Waals surface area contributed by atoms with E-state index in [1.807, 2.05) is 0 Å². The third-order valence-corrected chi connectivity index (χ3v) is 5.05. The predicted molar refractivity (Wildman–Crippen MR) is 89.8 cm³/mol. The van der Waals surface area contributed by atoms with Crippen molar-refractivity contribution in [3.63, 3.8) is 0 Å². The Morgan fingerprint density at radius 3 is 2.52 bits per heavy atom. The zero-order chi connectivity index (χ0) is 15.5. The smallest absolute Gasteiger partial charge is 0.0620 e. The summed E-state index contributed by atoms with van der Waals surface area (Å²) in [6.45, 7) is 8.12. The first-order chi connectivity index (χ1) is 10.0. The molecule has 0 spiro atoms. The first-order valence-corrected chi connectivity index (χ1v) is 8.17. The molecule has 21 heavy (non-hydrogen) atoms. The Bertz CT molecular complexity index is 443. The molecule has 118 valence electrons. The highest BCUT2D eigenvalue weighted by Gasteiger charge is 2.40. The average Bonchev–Trinajstić information content (AvgIpc) is 2.54. The summed E-state index contributed by atoms with van der Waals surface area (Å²) >= 11 is 0. The number of nitrogens with zero attached hydrogens (tertiary/aromatic N) is 1. The summed E-state index contributed by atoms with van der Waals surface area (Å²) in [6, 6.07) is 8.87. The fourth-order valence-electron chi connectivity index (χ4n) is 3.22. The van der Waals surface area contributed by atoms with Gasteiger partial charge in [0.25, 0.3) is 0 Å². The van der Waals surface area contributed by atoms with Crippen molar-refractivity contribution in [1.82, 2.24) is 0 Å². The topological polar surface area (TPSA) is 38.5 Å². The highest BCUT2D eigenvalue weighted by atomic mass is 16.5. The molecule has 1 aromatic rings. The lowest BCUT2D eigenvalue weighted by Crippen LogP contribution is -2.58. The number of aryl methyl sites for hydroxylation is 1. The molecule has 0 radical (unpaired) electrons. The Morgan fingerprint density at radius 1 is 1.33 bits per heavy atom. The van der Waals surface area contributed by atoms with Crippen LogP contribution in [-0.4, -0.2) is 31.8 Å². The molecule has 1 fully saturated rings. The fourth-order valence-corrected chi connectivity index (χ4v) is 3.22. The predicted octanol–water partition coefficient (Wildman–Crippen LogP) is 3.22. The lowest BCUT2D eigenvalue weighted by Gasteiger charge is -2.48. The van der Waals surface area contributed by atoms with Gasteiger partial charge in [-0.1, -0.05) is 32.9 Å². The Morgan fingerprint density at radius 2 is 2.00 bits per heavy atom. The van der Waals surface area contributed by atoms with Crippen LogP contribution in [0.5, 0.6) is 0 Å². The van der Waals surface area contributed by atoms with E-state index in [1.54, 1.807) is 0 Å². The molecule has 3 nitrogen and oxygen atoms in total. The minimum absolute atomic E-state index is 0.0148. The fraction of sp³-hybridized carbons (Fsp3) is 0.667. The summed E-state index contributed by atoms with van der Waals surface area (Å²) in [5, 5.41) is 0. The molecule has 0 bridgehead atoms. The van der Waals surface area contributed by atoms with Crippen LogP contribution in [0.3, 0.4) is 0 Å². The van der Waals surface area contributed by atoms with Crippen LogP contribution in [0.1, 0.15) is 39.2 Å². The lowest BCUT2D eigenvalue weighted by molar-refractivity contribution is -0.0412. The van der Waals surface area contributed by atoms with Gasteiger partial charge in [0.2, 0.25) is 0 Å². The molecular formula is C18H30N2O. The molecule has 2 atom stereocenters. The second-order valence-corrected chi connectivity index (χ2v) is 6.61. The van der Waals surface area contributed by atoms with Crippen molar-refractivity contribution in [3.05, 3.63) is 29.8 Å². The Hall–Kier alpha value is -1.06. The van der Waals surface area contributed by atoms with Crippen molar-refractivity contribution in [3.8, 4) is 0 Å². The summed E-state index contributed by atoms with van der Waals surface area (Å²) in [5.41, 5.74) is 8.84. The Kier molecular flexibility index (Phi) is 5.28. The minimum Gasteiger partial charge on any atom is -0.378 e. The first-order valence-electron chi connectivity index (χ1n) is 8.17. The van der Waals surface area contributed by atoms with Crippen LogP contribution in [0.2, 0.25) is 0 Å². The van der Waals surface area contributed by atoms with Gasteiger partial charge >= 0.3 is 0 Å². The van der Waals surface area contributed by atoms with Crippen molar-refractivity contribution in [1.29, 1.82) is 0 Å². The summed E-state index contributed by atoms with van der Waals surface area (Å²) in [7, 11) is 2.18. The molecule has 2 rings (SSSR count). The molecular weight excluding hydrogens is 260 g/mol. The van der Waals surface area contributed by atoms with Gasteiger partial charge in [0, 0.05) is 25.9 Å². The first kappa shape index (κ1) is 16.3. The van der Waals surface area contributed by atoms with Gasteiger partial charge < -0.3 is 15.4 Å². The van der Waals surface area contributed by atoms with Crippen molar-refractivity contribution in [2.75, 3.05) is 25.1 Å². The van der Waals surface area contributed by atoms with Gasteiger partial charge in [-0.25, -0.2) is 0 Å². The van der Waals surface area contributed by atoms with Crippen LogP contribution in [0.15, 0.2) is 24.3 Å². The summed E-state index contributed by atoms with van der Waals surface area (Å²) < 4.78 is 5.94. The molecule has 0 saturated carbocycles. The highest BCUT2D eigenvalue weighted by Crippen LogP contribution is 2.35. The normalized spacial score (nSPS) is 26.1. The number of benzene rings is 1. The molecule has 2 unspecified atom stereocenters. The quantitative estimate of drug-likeness (QED) is 0.905. The van der Waals surface area contributed by atoms with E-state index < -0.39 is 0 Å². The van der Waals surface area contributed by atoms with Gasteiger partial charge in [0.1, 0.15) is 0 Å². The van der Waals surface area contributed by atoms with Crippen LogP contribution in [0, 0.1) is 5.92 Å². The number of anilines is 1.